The molecule has 1 N–H and O–H groups in total. The van der Waals surface area contributed by atoms with Gasteiger partial charge in [-0.2, -0.15) is 30.6 Å². The van der Waals surface area contributed by atoms with Gasteiger partial charge in [-0.05, 0) is 38.3 Å². The van der Waals surface area contributed by atoms with E-state index in [1.807, 2.05) is 0 Å². The van der Waals surface area contributed by atoms with Crippen LogP contribution in [-0.2, 0) is 22.8 Å². The highest BCUT2D eigenvalue weighted by atomic mass is 32.2. The summed E-state index contributed by atoms with van der Waals surface area (Å²) in [6, 6.07) is 1.54. The zero-order valence-electron chi connectivity index (χ0n) is 23.5. The highest BCUT2D eigenvalue weighted by molar-refractivity contribution is 7.89. The summed E-state index contributed by atoms with van der Waals surface area (Å²) in [5.41, 5.74) is -2.23. The second-order valence-corrected chi connectivity index (χ2v) is 12.9. The normalized spacial score (nSPS) is 21.0. The predicted octanol–water partition coefficient (Wildman–Crippen LogP) is 6.42. The van der Waals surface area contributed by atoms with E-state index in [4.69, 9.17) is 4.74 Å². The largest absolute Gasteiger partial charge is 0.488 e. The minimum absolute atomic E-state index is 0.108. The van der Waals surface area contributed by atoms with Crippen LogP contribution in [0.2, 0.25) is 0 Å². The number of ether oxygens (including phenoxy) is 1. The van der Waals surface area contributed by atoms with Crippen molar-refractivity contribution in [3.8, 4) is 5.75 Å². The Labute approximate surface area is 247 Å². The van der Waals surface area contributed by atoms with Gasteiger partial charge in [0.05, 0.1) is 11.3 Å². The Hall–Kier alpha value is -3.21. The minimum atomic E-state index is -5.13. The second kappa shape index (κ2) is 11.9. The van der Waals surface area contributed by atoms with Crippen molar-refractivity contribution in [2.24, 2.45) is 0 Å². The van der Waals surface area contributed by atoms with Gasteiger partial charge >= 0.3 is 18.3 Å². The van der Waals surface area contributed by atoms with Crippen molar-refractivity contribution >= 4 is 21.7 Å². The molecule has 0 bridgehead atoms. The molecule has 17 heteroatoms. The number of benzene rings is 1. The Bertz CT molecular complexity index is 1500. The summed E-state index contributed by atoms with van der Waals surface area (Å²) >= 11 is 0. The summed E-state index contributed by atoms with van der Waals surface area (Å²) < 4.78 is 144. The summed E-state index contributed by atoms with van der Waals surface area (Å²) in [4.78, 5) is 16.0. The third kappa shape index (κ3) is 7.35. The van der Waals surface area contributed by atoms with Crippen LogP contribution in [0.1, 0.15) is 65.8 Å². The number of carboxylic acid groups (broad SMARTS) is 1. The summed E-state index contributed by atoms with van der Waals surface area (Å²) in [5.74, 6) is -5.50. The molecule has 0 radical (unpaired) electrons. The number of anilines is 1. The molecule has 2 aliphatic rings. The first-order valence-electron chi connectivity index (χ1n) is 13.5. The van der Waals surface area contributed by atoms with E-state index < -0.39 is 113 Å². The van der Waals surface area contributed by atoms with Gasteiger partial charge in [-0.3, -0.25) is 0 Å². The van der Waals surface area contributed by atoms with Crippen LogP contribution in [0, 0.1) is 6.92 Å². The first kappa shape index (κ1) is 33.7. The van der Waals surface area contributed by atoms with Gasteiger partial charge < -0.3 is 14.7 Å². The smallest absolute Gasteiger partial charge is 0.420 e. The number of fused-ring (bicyclic) bond motifs is 1. The molecular formula is C27H29F8N3O5S. The molecule has 1 atom stereocenters. The van der Waals surface area contributed by atoms with E-state index in [0.717, 1.165) is 7.05 Å². The van der Waals surface area contributed by atoms with Gasteiger partial charge in [0.25, 0.3) is 0 Å². The molecule has 0 spiro atoms. The quantitative estimate of drug-likeness (QED) is 0.343. The SMILES string of the molecule is Cc1ccc(COc2cc3c(cc2C(F)(F)F)N(C2CCC(F)(F)CC2)C[C@H](CCC(F)(F)F)N(C)S3(=O)=O)c(C(=O)O)n1. The van der Waals surface area contributed by atoms with Crippen LogP contribution < -0.4 is 9.64 Å². The number of halogens is 8. The highest BCUT2D eigenvalue weighted by Crippen LogP contribution is 2.46. The number of pyridine rings is 1. The minimum Gasteiger partial charge on any atom is -0.488 e. The van der Waals surface area contributed by atoms with Gasteiger partial charge in [0, 0.05) is 62.3 Å². The summed E-state index contributed by atoms with van der Waals surface area (Å²) in [6.07, 6.45) is -13.6. The Morgan fingerprint density at radius 2 is 1.75 bits per heavy atom. The van der Waals surface area contributed by atoms with E-state index in [1.54, 1.807) is 0 Å². The van der Waals surface area contributed by atoms with Gasteiger partial charge in [0.2, 0.25) is 15.9 Å². The number of nitrogens with zero attached hydrogens (tertiary/aromatic N) is 3. The molecule has 1 aliphatic carbocycles. The maximum absolute atomic E-state index is 14.4. The summed E-state index contributed by atoms with van der Waals surface area (Å²) in [6.45, 7) is 0.277. The lowest BCUT2D eigenvalue weighted by Crippen LogP contribution is -2.47. The van der Waals surface area contributed by atoms with Crippen molar-refractivity contribution in [2.45, 2.75) is 87.3 Å². The fourth-order valence-corrected chi connectivity index (χ4v) is 7.01. The second-order valence-electron chi connectivity index (χ2n) is 10.9. The van der Waals surface area contributed by atoms with Crippen molar-refractivity contribution in [3.05, 3.63) is 46.8 Å². The van der Waals surface area contributed by atoms with Crippen molar-refractivity contribution in [1.82, 2.24) is 9.29 Å². The Morgan fingerprint density at radius 3 is 2.32 bits per heavy atom. The number of rotatable bonds is 7. The van der Waals surface area contributed by atoms with E-state index in [1.165, 1.54) is 24.0 Å². The number of carboxylic acids is 1. The third-order valence-electron chi connectivity index (χ3n) is 7.85. The van der Waals surface area contributed by atoms with Crippen molar-refractivity contribution in [1.29, 1.82) is 0 Å². The summed E-state index contributed by atoms with van der Waals surface area (Å²) in [5, 5.41) is 9.46. The van der Waals surface area contributed by atoms with Crippen molar-refractivity contribution < 1.29 is 58.2 Å². The van der Waals surface area contributed by atoms with Gasteiger partial charge in [-0.25, -0.2) is 27.0 Å². The average molecular weight is 660 g/mol. The molecule has 44 heavy (non-hydrogen) atoms. The first-order valence-corrected chi connectivity index (χ1v) is 14.9. The molecule has 4 rings (SSSR count). The Balaban J connectivity index is 1.85. The first-order chi connectivity index (χ1) is 20.2. The van der Waals surface area contributed by atoms with Gasteiger partial charge in [-0.15, -0.1) is 0 Å². The fraction of sp³-hybridized carbons (Fsp3) is 0.556. The molecule has 0 amide bonds. The van der Waals surface area contributed by atoms with Crippen LogP contribution in [-0.4, -0.2) is 66.6 Å². The van der Waals surface area contributed by atoms with Crippen LogP contribution in [0.3, 0.4) is 0 Å². The van der Waals surface area contributed by atoms with Crippen LogP contribution >= 0.6 is 0 Å². The number of likely N-dealkylation sites (N-methyl/N-ethyl adjacent to an activating group) is 1. The lowest BCUT2D eigenvalue weighted by molar-refractivity contribution is -0.139. The van der Waals surface area contributed by atoms with E-state index >= 15 is 0 Å². The molecule has 244 valence electrons. The number of sulfonamides is 1. The van der Waals surface area contributed by atoms with E-state index in [-0.39, 0.29) is 18.4 Å². The Morgan fingerprint density at radius 1 is 1.11 bits per heavy atom. The molecule has 1 aromatic carbocycles. The number of aryl methyl sites for hydroxylation is 1. The fourth-order valence-electron chi connectivity index (χ4n) is 5.44. The molecule has 1 aromatic heterocycles. The molecule has 1 aliphatic heterocycles. The zero-order valence-corrected chi connectivity index (χ0v) is 24.3. The van der Waals surface area contributed by atoms with Crippen molar-refractivity contribution in [3.63, 3.8) is 0 Å². The van der Waals surface area contributed by atoms with E-state index in [0.29, 0.717) is 22.1 Å². The van der Waals surface area contributed by atoms with Gasteiger partial charge in [0.15, 0.2) is 5.69 Å². The molecule has 2 heterocycles. The number of aromatic nitrogens is 1. The molecule has 2 aromatic rings. The third-order valence-corrected chi connectivity index (χ3v) is 9.79. The number of hydrogen-bond donors (Lipinski definition) is 1. The lowest BCUT2D eigenvalue weighted by Gasteiger charge is -2.40. The molecule has 0 unspecified atom stereocenters. The number of hydrogen-bond acceptors (Lipinski definition) is 6. The standard InChI is InChI=1S/C27H29F8N3O5S/c1-15-3-4-16(23(36-15)24(39)40)14-43-21-12-22-20(11-19(21)27(33,34)35)38(17-5-8-25(28,29)9-6-17)13-18(7-10-26(30,31)32)37(2)44(22,41)42/h3-4,11-12,17-18H,5-10,13-14H2,1-2H3,(H,39,40)/t18-/m0/s1. The van der Waals surface area contributed by atoms with Crippen molar-refractivity contribution in [2.75, 3.05) is 18.5 Å². The molecule has 1 fully saturated rings. The lowest BCUT2D eigenvalue weighted by atomic mass is 9.90. The van der Waals surface area contributed by atoms with Gasteiger partial charge in [0.1, 0.15) is 17.3 Å². The van der Waals surface area contributed by atoms with Crippen LogP contribution in [0.4, 0.5) is 40.8 Å². The summed E-state index contributed by atoms with van der Waals surface area (Å²) in [7, 11) is -3.73. The van der Waals surface area contributed by atoms with Crippen LogP contribution in [0.5, 0.6) is 5.75 Å². The molecule has 8 nitrogen and oxygen atoms in total. The van der Waals surface area contributed by atoms with E-state index in [2.05, 4.69) is 4.98 Å². The topological polar surface area (TPSA) is 100 Å². The maximum Gasteiger partial charge on any atom is 0.420 e. The number of carbonyl (C=O) groups is 1. The van der Waals surface area contributed by atoms with Crippen LogP contribution in [0.25, 0.3) is 0 Å². The molecular weight excluding hydrogens is 630 g/mol. The zero-order chi connectivity index (χ0) is 32.8. The number of aromatic carboxylic acids is 1. The molecule has 1 saturated carbocycles. The monoisotopic (exact) mass is 659 g/mol. The maximum atomic E-state index is 14.4. The van der Waals surface area contributed by atoms with E-state index in [9.17, 15) is 53.4 Å². The average Bonchev–Trinajstić information content (AvgIpc) is 2.98. The predicted molar refractivity (Wildman–Crippen MR) is 140 cm³/mol. The van der Waals surface area contributed by atoms with Crippen LogP contribution in [0.15, 0.2) is 29.2 Å². The Kier molecular flexibility index (Phi) is 9.14. The molecule has 0 saturated heterocycles. The van der Waals surface area contributed by atoms with Gasteiger partial charge in [-0.1, -0.05) is 6.07 Å². The highest BCUT2D eigenvalue weighted by Gasteiger charge is 2.45. The number of alkyl halides is 8.